The first-order chi connectivity index (χ1) is 10.9. The SMILES string of the molecule is Cl.c1cc(CNCC2CNNC2c2ccc3c(c2)OCO3)co1. The molecule has 1 fully saturated rings. The maximum absolute atomic E-state index is 5.47. The molecule has 0 amide bonds. The number of benzene rings is 1. The average Bonchev–Trinajstić information content (AvgIpc) is 3.28. The van der Waals surface area contributed by atoms with E-state index >= 15 is 0 Å². The molecule has 2 aliphatic heterocycles. The first-order valence-corrected chi connectivity index (χ1v) is 7.50. The number of hydrazine groups is 1. The minimum absolute atomic E-state index is 0. The molecule has 6 nitrogen and oxygen atoms in total. The van der Waals surface area contributed by atoms with Crippen LogP contribution in [0.1, 0.15) is 17.2 Å². The van der Waals surface area contributed by atoms with Crippen LogP contribution in [0.5, 0.6) is 11.5 Å². The van der Waals surface area contributed by atoms with Gasteiger partial charge in [-0.2, -0.15) is 0 Å². The number of hydrogen-bond acceptors (Lipinski definition) is 6. The summed E-state index contributed by atoms with van der Waals surface area (Å²) >= 11 is 0. The van der Waals surface area contributed by atoms with Crippen molar-refractivity contribution >= 4 is 12.4 Å². The molecular weight excluding hydrogens is 318 g/mol. The summed E-state index contributed by atoms with van der Waals surface area (Å²) in [5, 5.41) is 3.49. The predicted molar refractivity (Wildman–Crippen MR) is 87.6 cm³/mol. The zero-order valence-corrected chi connectivity index (χ0v) is 13.4. The first-order valence-electron chi connectivity index (χ1n) is 7.50. The van der Waals surface area contributed by atoms with Gasteiger partial charge in [0.2, 0.25) is 6.79 Å². The Labute approximate surface area is 140 Å². The number of fused-ring (bicyclic) bond motifs is 1. The van der Waals surface area contributed by atoms with Gasteiger partial charge in [-0.15, -0.1) is 12.4 Å². The second kappa shape index (κ2) is 7.23. The molecule has 4 rings (SSSR count). The normalized spacial score (nSPS) is 22.1. The highest BCUT2D eigenvalue weighted by atomic mass is 35.5. The van der Waals surface area contributed by atoms with Crippen molar-refractivity contribution in [3.63, 3.8) is 0 Å². The van der Waals surface area contributed by atoms with Gasteiger partial charge in [-0.25, -0.2) is 5.43 Å². The Morgan fingerprint density at radius 2 is 2.09 bits per heavy atom. The molecule has 1 aromatic heterocycles. The highest BCUT2D eigenvalue weighted by molar-refractivity contribution is 5.85. The Morgan fingerprint density at radius 1 is 1.17 bits per heavy atom. The lowest BCUT2D eigenvalue weighted by Crippen LogP contribution is -2.28. The van der Waals surface area contributed by atoms with Gasteiger partial charge in [-0.1, -0.05) is 6.07 Å². The van der Waals surface area contributed by atoms with E-state index in [-0.39, 0.29) is 18.4 Å². The van der Waals surface area contributed by atoms with Crippen LogP contribution in [0.2, 0.25) is 0 Å². The van der Waals surface area contributed by atoms with Gasteiger partial charge in [-0.3, -0.25) is 5.43 Å². The summed E-state index contributed by atoms with van der Waals surface area (Å²) in [6, 6.07) is 8.38. The van der Waals surface area contributed by atoms with E-state index in [2.05, 4.69) is 28.3 Å². The lowest BCUT2D eigenvalue weighted by Gasteiger charge is -2.19. The molecule has 0 bridgehead atoms. The van der Waals surface area contributed by atoms with Crippen LogP contribution >= 0.6 is 12.4 Å². The fraction of sp³-hybridized carbons (Fsp3) is 0.375. The van der Waals surface area contributed by atoms with Gasteiger partial charge in [-0.05, 0) is 23.8 Å². The molecule has 3 N–H and O–H groups in total. The summed E-state index contributed by atoms with van der Waals surface area (Å²) in [4.78, 5) is 0. The molecule has 2 aromatic rings. The Bertz CT molecular complexity index is 636. The van der Waals surface area contributed by atoms with Crippen LogP contribution in [-0.2, 0) is 6.54 Å². The number of hydrogen-bond donors (Lipinski definition) is 3. The van der Waals surface area contributed by atoms with Crippen molar-refractivity contribution in [2.45, 2.75) is 12.6 Å². The zero-order valence-electron chi connectivity index (χ0n) is 12.6. The molecule has 0 aliphatic carbocycles. The monoisotopic (exact) mass is 337 g/mol. The summed E-state index contributed by atoms with van der Waals surface area (Å²) < 4.78 is 15.9. The van der Waals surface area contributed by atoms with Gasteiger partial charge in [0.1, 0.15) is 0 Å². The largest absolute Gasteiger partial charge is 0.472 e. The highest BCUT2D eigenvalue weighted by Gasteiger charge is 2.29. The lowest BCUT2D eigenvalue weighted by atomic mass is 9.94. The van der Waals surface area contributed by atoms with E-state index in [1.165, 1.54) is 11.1 Å². The summed E-state index contributed by atoms with van der Waals surface area (Å²) in [5.41, 5.74) is 8.98. The van der Waals surface area contributed by atoms with Gasteiger partial charge in [0.15, 0.2) is 11.5 Å². The van der Waals surface area contributed by atoms with E-state index in [1.807, 2.05) is 12.1 Å². The quantitative estimate of drug-likeness (QED) is 0.775. The van der Waals surface area contributed by atoms with Crippen LogP contribution in [0, 0.1) is 5.92 Å². The van der Waals surface area contributed by atoms with E-state index in [1.54, 1.807) is 12.5 Å². The minimum Gasteiger partial charge on any atom is -0.472 e. The van der Waals surface area contributed by atoms with Crippen molar-refractivity contribution in [2.24, 2.45) is 5.92 Å². The molecule has 1 aromatic carbocycles. The second-order valence-corrected chi connectivity index (χ2v) is 5.64. The molecule has 7 heteroatoms. The molecule has 2 unspecified atom stereocenters. The number of nitrogens with one attached hydrogen (secondary N) is 3. The van der Waals surface area contributed by atoms with Crippen molar-refractivity contribution in [2.75, 3.05) is 19.9 Å². The summed E-state index contributed by atoms with van der Waals surface area (Å²) in [5.74, 6) is 2.12. The van der Waals surface area contributed by atoms with E-state index in [9.17, 15) is 0 Å². The third kappa shape index (κ3) is 3.45. The van der Waals surface area contributed by atoms with Crippen LogP contribution in [0.4, 0.5) is 0 Å². The average molecular weight is 338 g/mol. The predicted octanol–water partition coefficient (Wildman–Crippen LogP) is 1.98. The van der Waals surface area contributed by atoms with Gasteiger partial charge >= 0.3 is 0 Å². The molecule has 3 heterocycles. The van der Waals surface area contributed by atoms with Crippen LogP contribution in [0.15, 0.2) is 41.2 Å². The highest BCUT2D eigenvalue weighted by Crippen LogP contribution is 2.36. The van der Waals surface area contributed by atoms with Gasteiger partial charge < -0.3 is 19.2 Å². The molecule has 2 aliphatic rings. The van der Waals surface area contributed by atoms with Crippen LogP contribution in [0.3, 0.4) is 0 Å². The van der Waals surface area contributed by atoms with E-state index in [0.29, 0.717) is 12.7 Å². The standard InChI is InChI=1S/C16H19N3O3.ClH/c1-2-14-15(22-10-21-14)5-12(1)16-13(8-18-19-16)7-17-6-11-3-4-20-9-11;/h1-5,9,13,16-19H,6-8,10H2;1H. The molecule has 124 valence electrons. The third-order valence-electron chi connectivity index (χ3n) is 4.16. The Balaban J connectivity index is 0.00000156. The minimum atomic E-state index is 0. The van der Waals surface area contributed by atoms with Crippen LogP contribution < -0.4 is 25.6 Å². The third-order valence-corrected chi connectivity index (χ3v) is 4.16. The van der Waals surface area contributed by atoms with Crippen LogP contribution in [-0.4, -0.2) is 19.9 Å². The Kier molecular flexibility index (Phi) is 5.07. The van der Waals surface area contributed by atoms with E-state index in [4.69, 9.17) is 13.9 Å². The maximum atomic E-state index is 5.47. The molecule has 0 radical (unpaired) electrons. The zero-order chi connectivity index (χ0) is 14.8. The van der Waals surface area contributed by atoms with Crippen molar-refractivity contribution in [1.29, 1.82) is 0 Å². The first kappa shape index (κ1) is 16.1. The van der Waals surface area contributed by atoms with Crippen molar-refractivity contribution < 1.29 is 13.9 Å². The molecule has 2 atom stereocenters. The van der Waals surface area contributed by atoms with E-state index in [0.717, 1.165) is 31.1 Å². The lowest BCUT2D eigenvalue weighted by molar-refractivity contribution is 0.174. The number of ether oxygens (including phenoxy) is 2. The van der Waals surface area contributed by atoms with Crippen molar-refractivity contribution in [3.8, 4) is 11.5 Å². The fourth-order valence-corrected chi connectivity index (χ4v) is 2.98. The molecular formula is C16H20ClN3O3. The van der Waals surface area contributed by atoms with Crippen LogP contribution in [0.25, 0.3) is 0 Å². The number of halogens is 1. The molecule has 0 saturated carbocycles. The number of furan rings is 1. The topological polar surface area (TPSA) is 67.7 Å². The molecule has 0 spiro atoms. The Hall–Kier alpha value is -1.73. The smallest absolute Gasteiger partial charge is 0.231 e. The summed E-state index contributed by atoms with van der Waals surface area (Å²) in [7, 11) is 0. The maximum Gasteiger partial charge on any atom is 0.231 e. The summed E-state index contributed by atoms with van der Waals surface area (Å²) in [6.07, 6.45) is 3.47. The summed E-state index contributed by atoms with van der Waals surface area (Å²) in [6.45, 7) is 2.98. The molecule has 23 heavy (non-hydrogen) atoms. The molecule has 1 saturated heterocycles. The van der Waals surface area contributed by atoms with Gasteiger partial charge in [0.25, 0.3) is 0 Å². The van der Waals surface area contributed by atoms with Gasteiger partial charge in [0.05, 0.1) is 18.6 Å². The van der Waals surface area contributed by atoms with Crippen molar-refractivity contribution in [1.82, 2.24) is 16.2 Å². The van der Waals surface area contributed by atoms with E-state index < -0.39 is 0 Å². The van der Waals surface area contributed by atoms with Crippen molar-refractivity contribution in [3.05, 3.63) is 47.9 Å². The second-order valence-electron chi connectivity index (χ2n) is 5.64. The fourth-order valence-electron chi connectivity index (χ4n) is 2.98. The Morgan fingerprint density at radius 3 is 2.96 bits per heavy atom. The number of rotatable bonds is 5. The van der Waals surface area contributed by atoms with Gasteiger partial charge in [0, 0.05) is 31.1 Å².